The van der Waals surface area contributed by atoms with Gasteiger partial charge in [0.25, 0.3) is 0 Å². The van der Waals surface area contributed by atoms with Gasteiger partial charge in [0.1, 0.15) is 0 Å². The van der Waals surface area contributed by atoms with Crippen molar-refractivity contribution in [2.24, 2.45) is 5.92 Å². The van der Waals surface area contributed by atoms with Gasteiger partial charge in [-0.2, -0.15) is 0 Å². The third kappa shape index (κ3) is 2.26. The zero-order valence-electron chi connectivity index (χ0n) is 11.1. The lowest BCUT2D eigenvalue weighted by Gasteiger charge is -2.38. The number of ketones is 1. The third-order valence-electron chi connectivity index (χ3n) is 3.18. The van der Waals surface area contributed by atoms with Gasteiger partial charge in [-0.15, -0.1) is 12.3 Å². The molecule has 0 saturated carbocycles. The van der Waals surface area contributed by atoms with Crippen LogP contribution in [0.15, 0.2) is 35.7 Å². The summed E-state index contributed by atoms with van der Waals surface area (Å²) in [6, 6.07) is 0. The molecule has 5 heteroatoms. The second kappa shape index (κ2) is 5.76. The van der Waals surface area contributed by atoms with Gasteiger partial charge < -0.3 is 14.7 Å². The molecule has 0 aromatic carbocycles. The largest absolute Gasteiger partial charge is 0.465 e. The van der Waals surface area contributed by atoms with Crippen LogP contribution in [0.25, 0.3) is 0 Å². The molecule has 0 aliphatic carbocycles. The van der Waals surface area contributed by atoms with E-state index in [1.165, 1.54) is 4.90 Å². The lowest BCUT2D eigenvalue weighted by atomic mass is 9.87. The Hall–Kier alpha value is -2.32. The molecule has 0 bridgehead atoms. The number of ether oxygens (including phenoxy) is 1. The molecule has 1 N–H and O–H groups in total. The van der Waals surface area contributed by atoms with Crippen LogP contribution in [0.1, 0.15) is 13.3 Å². The molecular formula is C15H15NO4. The molecule has 0 amide bonds. The van der Waals surface area contributed by atoms with Crippen molar-refractivity contribution in [2.45, 2.75) is 19.6 Å². The molecule has 2 aliphatic heterocycles. The summed E-state index contributed by atoms with van der Waals surface area (Å²) in [7, 11) is 0. The van der Waals surface area contributed by atoms with Crippen LogP contribution >= 0.6 is 0 Å². The average Bonchev–Trinajstić information content (AvgIpc) is 2.44. The fourth-order valence-electron chi connectivity index (χ4n) is 2.29. The monoisotopic (exact) mass is 273 g/mol. The van der Waals surface area contributed by atoms with Crippen molar-refractivity contribution < 1.29 is 19.4 Å². The van der Waals surface area contributed by atoms with Crippen molar-refractivity contribution in [3.63, 3.8) is 0 Å². The highest BCUT2D eigenvalue weighted by atomic mass is 16.5. The van der Waals surface area contributed by atoms with E-state index >= 15 is 0 Å². The fraction of sp³-hybridized carbons (Fsp3) is 0.333. The number of rotatable bonds is 3. The highest BCUT2D eigenvalue weighted by Gasteiger charge is 2.44. The molecule has 2 rings (SSSR count). The van der Waals surface area contributed by atoms with E-state index < -0.39 is 23.9 Å². The van der Waals surface area contributed by atoms with E-state index in [0.717, 1.165) is 0 Å². The van der Waals surface area contributed by atoms with E-state index in [1.807, 2.05) is 0 Å². The normalized spacial score (nSPS) is 24.4. The molecule has 104 valence electrons. The molecule has 0 aromatic heterocycles. The summed E-state index contributed by atoms with van der Waals surface area (Å²) in [5.41, 5.74) is 0.875. The van der Waals surface area contributed by atoms with Gasteiger partial charge in [0.2, 0.25) is 0 Å². The molecule has 0 aromatic rings. The smallest absolute Gasteiger partial charge is 0.321 e. The second-order valence-electron chi connectivity index (χ2n) is 4.36. The first-order chi connectivity index (χ1) is 9.61. The van der Waals surface area contributed by atoms with E-state index in [1.54, 1.807) is 31.4 Å². The lowest BCUT2D eigenvalue weighted by molar-refractivity contribution is -0.160. The Morgan fingerprint density at radius 2 is 2.30 bits per heavy atom. The fourth-order valence-corrected chi connectivity index (χ4v) is 2.29. The van der Waals surface area contributed by atoms with Gasteiger partial charge in [-0.05, 0) is 19.1 Å². The third-order valence-corrected chi connectivity index (χ3v) is 3.18. The summed E-state index contributed by atoms with van der Waals surface area (Å²) in [6.45, 7) is 1.79. The zero-order valence-corrected chi connectivity index (χ0v) is 11.1. The second-order valence-corrected chi connectivity index (χ2v) is 4.36. The summed E-state index contributed by atoms with van der Waals surface area (Å²) >= 11 is 0. The van der Waals surface area contributed by atoms with E-state index in [4.69, 9.17) is 11.2 Å². The Kier molecular flexibility index (Phi) is 4.06. The minimum Gasteiger partial charge on any atom is -0.465 e. The van der Waals surface area contributed by atoms with Crippen molar-refractivity contribution in [1.29, 1.82) is 0 Å². The number of carbonyl (C=O) groups is 2. The summed E-state index contributed by atoms with van der Waals surface area (Å²) in [6.07, 6.45) is 10.9. The standard InChI is InChI=1S/C15H15NO4/c1-3-7-10-11-8-5-6-9-16(11)14(18)12(13(10)17)15(19)20-4-2/h1,5-6,8-9,12,14,18H,4,7H2,2H3. The molecule has 2 aliphatic rings. The maximum absolute atomic E-state index is 12.4. The first-order valence-electron chi connectivity index (χ1n) is 6.30. The van der Waals surface area contributed by atoms with Crippen LogP contribution < -0.4 is 0 Å². The number of Topliss-reactive ketones (excluding diaryl/α,β-unsaturated/α-hetero) is 1. The zero-order chi connectivity index (χ0) is 14.7. The number of terminal acetylenes is 1. The minimum atomic E-state index is -1.28. The molecule has 2 heterocycles. The van der Waals surface area contributed by atoms with Gasteiger partial charge >= 0.3 is 5.97 Å². The average molecular weight is 273 g/mol. The molecule has 0 fully saturated rings. The van der Waals surface area contributed by atoms with Gasteiger partial charge in [0, 0.05) is 18.2 Å². The number of nitrogens with zero attached hydrogens (tertiary/aromatic N) is 1. The van der Waals surface area contributed by atoms with Gasteiger partial charge in [0.15, 0.2) is 17.9 Å². The minimum absolute atomic E-state index is 0.103. The first-order valence-corrected chi connectivity index (χ1v) is 6.30. The molecule has 2 atom stereocenters. The maximum Gasteiger partial charge on any atom is 0.321 e. The lowest BCUT2D eigenvalue weighted by Crippen LogP contribution is -2.50. The van der Waals surface area contributed by atoms with Crippen molar-refractivity contribution in [2.75, 3.05) is 6.61 Å². The Morgan fingerprint density at radius 3 is 2.95 bits per heavy atom. The number of carbonyl (C=O) groups excluding carboxylic acids is 2. The van der Waals surface area contributed by atoms with E-state index in [0.29, 0.717) is 11.3 Å². The summed E-state index contributed by atoms with van der Waals surface area (Å²) in [4.78, 5) is 25.8. The first kappa shape index (κ1) is 14.1. The molecule has 2 unspecified atom stereocenters. The van der Waals surface area contributed by atoms with Gasteiger partial charge in [-0.3, -0.25) is 9.59 Å². The van der Waals surface area contributed by atoms with Crippen molar-refractivity contribution in [3.8, 4) is 12.3 Å². The van der Waals surface area contributed by atoms with Crippen LogP contribution in [0.5, 0.6) is 0 Å². The van der Waals surface area contributed by atoms with Crippen LogP contribution in [-0.2, 0) is 14.3 Å². The number of hydrogen-bond acceptors (Lipinski definition) is 5. The van der Waals surface area contributed by atoms with Crippen LogP contribution in [0.3, 0.4) is 0 Å². The quantitative estimate of drug-likeness (QED) is 0.466. The van der Waals surface area contributed by atoms with Crippen LogP contribution in [0.2, 0.25) is 0 Å². The Morgan fingerprint density at radius 1 is 1.55 bits per heavy atom. The Bertz CT molecular complexity index is 565. The van der Waals surface area contributed by atoms with E-state index in [2.05, 4.69) is 5.92 Å². The summed E-state index contributed by atoms with van der Waals surface area (Å²) in [5, 5.41) is 10.3. The predicted molar refractivity (Wildman–Crippen MR) is 71.7 cm³/mol. The highest BCUT2D eigenvalue weighted by molar-refractivity contribution is 6.10. The SMILES string of the molecule is C#CCC1=C2C=CC=CN2C(O)C(C(=O)OCC)C1=O. The van der Waals surface area contributed by atoms with E-state index in [-0.39, 0.29) is 13.0 Å². The van der Waals surface area contributed by atoms with Crippen molar-refractivity contribution >= 4 is 11.8 Å². The number of aliphatic hydroxyl groups excluding tert-OH is 1. The number of fused-ring (bicyclic) bond motifs is 1. The van der Waals surface area contributed by atoms with Crippen molar-refractivity contribution in [3.05, 3.63) is 35.7 Å². The Balaban J connectivity index is 2.46. The molecule has 5 nitrogen and oxygen atoms in total. The topological polar surface area (TPSA) is 66.8 Å². The predicted octanol–water partition coefficient (Wildman–Crippen LogP) is 0.730. The Labute approximate surface area is 117 Å². The van der Waals surface area contributed by atoms with Crippen LogP contribution in [-0.4, -0.2) is 34.6 Å². The molecular weight excluding hydrogens is 258 g/mol. The van der Waals surface area contributed by atoms with Crippen LogP contribution in [0.4, 0.5) is 0 Å². The van der Waals surface area contributed by atoms with E-state index in [9.17, 15) is 14.7 Å². The maximum atomic E-state index is 12.4. The summed E-state index contributed by atoms with van der Waals surface area (Å²) in [5.74, 6) is -0.0623. The molecule has 0 saturated heterocycles. The highest BCUT2D eigenvalue weighted by Crippen LogP contribution is 2.32. The summed E-state index contributed by atoms with van der Waals surface area (Å²) < 4.78 is 4.87. The number of hydrogen-bond donors (Lipinski definition) is 1. The molecule has 0 radical (unpaired) electrons. The van der Waals surface area contributed by atoms with Gasteiger partial charge in [-0.25, -0.2) is 0 Å². The van der Waals surface area contributed by atoms with Gasteiger partial charge in [-0.1, -0.05) is 6.08 Å². The molecule has 20 heavy (non-hydrogen) atoms. The van der Waals surface area contributed by atoms with Gasteiger partial charge in [0.05, 0.1) is 12.3 Å². The number of aliphatic hydroxyl groups is 1. The number of esters is 1. The van der Waals surface area contributed by atoms with Crippen LogP contribution in [0, 0.1) is 18.3 Å². The molecule has 0 spiro atoms. The number of allylic oxidation sites excluding steroid dienone is 4. The van der Waals surface area contributed by atoms with Crippen molar-refractivity contribution in [1.82, 2.24) is 4.90 Å².